The minimum absolute atomic E-state index is 0.292. The van der Waals surface area contributed by atoms with Crippen molar-refractivity contribution in [3.8, 4) is 0 Å². The van der Waals surface area contributed by atoms with Gasteiger partial charge in [-0.05, 0) is 81.5 Å². The number of carbonyl (C=O) groups excluding carboxylic acids is 1. The summed E-state index contributed by atoms with van der Waals surface area (Å²) in [5, 5.41) is 4.15. The molecular formula is C19H31NOS. The summed E-state index contributed by atoms with van der Waals surface area (Å²) in [5.74, 6) is 3.89. The van der Waals surface area contributed by atoms with Gasteiger partial charge in [0.15, 0.2) is 0 Å². The van der Waals surface area contributed by atoms with Crippen molar-refractivity contribution in [2.45, 2.75) is 82.4 Å². The highest BCUT2D eigenvalue weighted by atomic mass is 32.2. The number of hydrogen-bond donors (Lipinski definition) is 1. The molecule has 3 heteroatoms. The van der Waals surface area contributed by atoms with E-state index in [-0.39, 0.29) is 0 Å². The van der Waals surface area contributed by atoms with Gasteiger partial charge in [-0.2, -0.15) is 0 Å². The number of rotatable bonds is 5. The summed E-state index contributed by atoms with van der Waals surface area (Å²) in [6.45, 7) is 2.30. The minimum Gasteiger partial charge on any atom is -0.352 e. The number of nitrogens with one attached hydrogen (secondary N) is 1. The molecule has 2 nitrogen and oxygen atoms in total. The first-order chi connectivity index (χ1) is 10.6. The Bertz CT molecular complexity index is 394. The largest absolute Gasteiger partial charge is 0.352 e. The van der Waals surface area contributed by atoms with E-state index in [1.54, 1.807) is 0 Å². The van der Waals surface area contributed by atoms with Gasteiger partial charge >= 0.3 is 0 Å². The summed E-state index contributed by atoms with van der Waals surface area (Å²) in [5.41, 5.74) is 0.447. The summed E-state index contributed by atoms with van der Waals surface area (Å²) < 4.78 is 0. The Morgan fingerprint density at radius 2 is 1.64 bits per heavy atom. The molecule has 5 saturated carbocycles. The van der Waals surface area contributed by atoms with Gasteiger partial charge in [0.05, 0.1) is 5.75 Å². The van der Waals surface area contributed by atoms with E-state index in [0.717, 1.165) is 23.0 Å². The number of amides is 1. The molecule has 0 saturated heterocycles. The lowest BCUT2D eigenvalue weighted by Crippen LogP contribution is -2.56. The Labute approximate surface area is 139 Å². The van der Waals surface area contributed by atoms with Crippen LogP contribution in [0.5, 0.6) is 0 Å². The summed E-state index contributed by atoms with van der Waals surface area (Å²) >= 11 is 1.90. The molecule has 0 aromatic heterocycles. The van der Waals surface area contributed by atoms with E-state index < -0.39 is 0 Å². The van der Waals surface area contributed by atoms with Gasteiger partial charge in [0.25, 0.3) is 0 Å². The Morgan fingerprint density at radius 3 is 2.18 bits per heavy atom. The van der Waals surface area contributed by atoms with E-state index in [1.807, 2.05) is 11.8 Å². The zero-order valence-corrected chi connectivity index (χ0v) is 14.8. The molecule has 0 spiro atoms. The molecule has 0 heterocycles. The molecule has 5 fully saturated rings. The van der Waals surface area contributed by atoms with Crippen LogP contribution in [0.15, 0.2) is 0 Å². The molecule has 0 aromatic rings. The Balaban J connectivity index is 1.31. The van der Waals surface area contributed by atoms with Crippen molar-refractivity contribution >= 4 is 17.7 Å². The molecule has 0 unspecified atom stereocenters. The number of thioether (sulfide) groups is 1. The predicted molar refractivity (Wildman–Crippen MR) is 92.9 cm³/mol. The summed E-state index contributed by atoms with van der Waals surface area (Å²) in [4.78, 5) is 12.4. The van der Waals surface area contributed by atoms with Crippen LogP contribution in [0.25, 0.3) is 0 Å². The SMILES string of the molecule is C[C@@H](NC(=O)CSC1CCCC1)C12CC3CC(CC(C3)C1)C2. The third-order valence-corrected chi connectivity index (χ3v) is 8.51. The van der Waals surface area contributed by atoms with Crippen molar-refractivity contribution in [1.82, 2.24) is 5.32 Å². The Kier molecular flexibility index (Phi) is 4.21. The fraction of sp³-hybridized carbons (Fsp3) is 0.947. The normalized spacial score (nSPS) is 41.8. The van der Waals surface area contributed by atoms with E-state index in [0.29, 0.717) is 23.1 Å². The van der Waals surface area contributed by atoms with Gasteiger partial charge < -0.3 is 5.32 Å². The second kappa shape index (κ2) is 6.03. The second-order valence-corrected chi connectivity index (χ2v) is 10.1. The van der Waals surface area contributed by atoms with Crippen molar-refractivity contribution < 1.29 is 4.79 Å². The summed E-state index contributed by atoms with van der Waals surface area (Å²) in [6.07, 6.45) is 14.0. The van der Waals surface area contributed by atoms with Gasteiger partial charge in [-0.25, -0.2) is 0 Å². The number of hydrogen-bond acceptors (Lipinski definition) is 2. The first-order valence-electron chi connectivity index (χ1n) is 9.54. The molecule has 124 valence electrons. The fourth-order valence-electron chi connectivity index (χ4n) is 6.39. The quantitative estimate of drug-likeness (QED) is 0.814. The van der Waals surface area contributed by atoms with Crippen LogP contribution in [0, 0.1) is 23.2 Å². The lowest BCUT2D eigenvalue weighted by molar-refractivity contribution is -0.123. The average Bonchev–Trinajstić information content (AvgIpc) is 2.97. The van der Waals surface area contributed by atoms with Gasteiger partial charge in [-0.1, -0.05) is 12.8 Å². The number of carbonyl (C=O) groups is 1. The van der Waals surface area contributed by atoms with E-state index in [4.69, 9.17) is 0 Å². The molecule has 1 N–H and O–H groups in total. The summed E-state index contributed by atoms with van der Waals surface area (Å²) in [7, 11) is 0. The van der Waals surface area contributed by atoms with Crippen LogP contribution in [-0.2, 0) is 4.79 Å². The van der Waals surface area contributed by atoms with E-state index in [9.17, 15) is 4.79 Å². The highest BCUT2D eigenvalue weighted by Crippen LogP contribution is 2.61. The topological polar surface area (TPSA) is 29.1 Å². The van der Waals surface area contributed by atoms with Gasteiger partial charge in [0.1, 0.15) is 0 Å². The Morgan fingerprint density at radius 1 is 1.09 bits per heavy atom. The van der Waals surface area contributed by atoms with Crippen LogP contribution in [0.2, 0.25) is 0 Å². The first kappa shape index (κ1) is 15.4. The lowest BCUT2D eigenvalue weighted by Gasteiger charge is -2.59. The van der Waals surface area contributed by atoms with Crippen LogP contribution >= 0.6 is 11.8 Å². The molecule has 1 amide bonds. The molecule has 5 aliphatic rings. The van der Waals surface area contributed by atoms with Crippen LogP contribution in [-0.4, -0.2) is 23.0 Å². The maximum atomic E-state index is 12.4. The van der Waals surface area contributed by atoms with Gasteiger partial charge in [-0.3, -0.25) is 4.79 Å². The Hall–Kier alpha value is -0.180. The molecule has 0 aliphatic heterocycles. The molecule has 0 radical (unpaired) electrons. The average molecular weight is 322 g/mol. The molecule has 5 aliphatic carbocycles. The zero-order valence-electron chi connectivity index (χ0n) is 14.0. The standard InChI is InChI=1S/C19H31NOS/c1-13(20-18(21)12-22-17-4-2-3-5-17)19-9-14-6-15(10-19)8-16(7-14)11-19/h13-17H,2-12H2,1H3,(H,20,21)/t13-,14?,15?,16?,19?/m1/s1. The second-order valence-electron chi connectivity index (χ2n) is 8.79. The van der Waals surface area contributed by atoms with Crippen molar-refractivity contribution in [3.05, 3.63) is 0 Å². The predicted octanol–water partition coefficient (Wildman–Crippen LogP) is 4.38. The third kappa shape index (κ3) is 2.95. The maximum Gasteiger partial charge on any atom is 0.230 e. The van der Waals surface area contributed by atoms with Crippen LogP contribution < -0.4 is 5.32 Å². The molecule has 0 aromatic carbocycles. The maximum absolute atomic E-state index is 12.4. The lowest BCUT2D eigenvalue weighted by atomic mass is 9.48. The van der Waals surface area contributed by atoms with Gasteiger partial charge in [0, 0.05) is 11.3 Å². The highest BCUT2D eigenvalue weighted by Gasteiger charge is 2.53. The van der Waals surface area contributed by atoms with Crippen LogP contribution in [0.3, 0.4) is 0 Å². The smallest absolute Gasteiger partial charge is 0.230 e. The van der Waals surface area contributed by atoms with Crippen LogP contribution in [0.4, 0.5) is 0 Å². The third-order valence-electron chi connectivity index (χ3n) is 7.13. The van der Waals surface area contributed by atoms with Crippen LogP contribution in [0.1, 0.15) is 71.1 Å². The van der Waals surface area contributed by atoms with Crippen molar-refractivity contribution in [1.29, 1.82) is 0 Å². The molecule has 5 rings (SSSR count). The van der Waals surface area contributed by atoms with E-state index >= 15 is 0 Å². The minimum atomic E-state index is 0.292. The van der Waals surface area contributed by atoms with Gasteiger partial charge in [-0.15, -0.1) is 11.8 Å². The molecular weight excluding hydrogens is 290 g/mol. The first-order valence-corrected chi connectivity index (χ1v) is 10.6. The van der Waals surface area contributed by atoms with Gasteiger partial charge in [0.2, 0.25) is 5.91 Å². The molecule has 22 heavy (non-hydrogen) atoms. The molecule has 1 atom stereocenters. The van der Waals surface area contributed by atoms with E-state index in [1.165, 1.54) is 64.2 Å². The van der Waals surface area contributed by atoms with E-state index in [2.05, 4.69) is 12.2 Å². The fourth-order valence-corrected chi connectivity index (χ4v) is 7.53. The molecule has 4 bridgehead atoms. The monoisotopic (exact) mass is 321 g/mol. The van der Waals surface area contributed by atoms with Crippen molar-refractivity contribution in [2.24, 2.45) is 23.2 Å². The zero-order chi connectivity index (χ0) is 15.2. The van der Waals surface area contributed by atoms with Crippen molar-refractivity contribution in [3.63, 3.8) is 0 Å². The van der Waals surface area contributed by atoms with Crippen molar-refractivity contribution in [2.75, 3.05) is 5.75 Å². The highest BCUT2D eigenvalue weighted by molar-refractivity contribution is 8.00. The summed E-state index contributed by atoms with van der Waals surface area (Å²) in [6, 6.07) is 0.387.